The molecule has 0 aliphatic carbocycles. The highest BCUT2D eigenvalue weighted by Gasteiger charge is 2.02. The van der Waals surface area contributed by atoms with E-state index in [2.05, 4.69) is 15.3 Å². The largest absolute Gasteiger partial charge is 0.370 e. The molecule has 100 valence electrons. The first-order chi connectivity index (χ1) is 9.02. The molecule has 0 spiro atoms. The molecule has 2 aromatic rings. The fourth-order valence-corrected chi connectivity index (χ4v) is 1.94. The monoisotopic (exact) mass is 283 g/mol. The highest BCUT2D eigenvalue weighted by Crippen LogP contribution is 2.12. The Labute approximate surface area is 114 Å². The highest BCUT2D eigenvalue weighted by molar-refractivity contribution is 6.29. The van der Waals surface area contributed by atoms with Gasteiger partial charge in [0.15, 0.2) is 0 Å². The zero-order chi connectivity index (χ0) is 13.8. The lowest BCUT2D eigenvalue weighted by Crippen LogP contribution is -2.07. The van der Waals surface area contributed by atoms with Crippen molar-refractivity contribution in [3.05, 3.63) is 52.4 Å². The van der Waals surface area contributed by atoms with Crippen molar-refractivity contribution in [1.82, 2.24) is 9.97 Å². The molecule has 0 unspecified atom stereocenters. The predicted octanol–water partition coefficient (Wildman–Crippen LogP) is 3.37. The van der Waals surface area contributed by atoms with Crippen LogP contribution in [0.5, 0.6) is 0 Å². The molecule has 0 aliphatic rings. The summed E-state index contributed by atoms with van der Waals surface area (Å²) in [5.74, 6) is 0.00743. The van der Waals surface area contributed by atoms with Crippen LogP contribution < -0.4 is 5.32 Å². The fraction of sp³-hybridized carbons (Fsp3) is 0.231. The van der Waals surface area contributed by atoms with Crippen molar-refractivity contribution in [1.29, 1.82) is 0 Å². The molecule has 1 aromatic carbocycles. The fourth-order valence-electron chi connectivity index (χ4n) is 1.71. The number of halogens is 3. The highest BCUT2D eigenvalue weighted by atomic mass is 35.5. The van der Waals surface area contributed by atoms with Crippen LogP contribution in [0, 0.1) is 18.6 Å². The number of aromatic nitrogens is 2. The van der Waals surface area contributed by atoms with E-state index < -0.39 is 11.6 Å². The third kappa shape index (κ3) is 4.13. The Morgan fingerprint density at radius 2 is 1.79 bits per heavy atom. The zero-order valence-electron chi connectivity index (χ0n) is 10.3. The van der Waals surface area contributed by atoms with Gasteiger partial charge in [0, 0.05) is 18.7 Å². The maximum Gasteiger partial charge on any atom is 0.134 e. The van der Waals surface area contributed by atoms with Crippen molar-refractivity contribution in [3.8, 4) is 0 Å². The van der Waals surface area contributed by atoms with Crippen molar-refractivity contribution in [2.45, 2.75) is 13.3 Å². The van der Waals surface area contributed by atoms with E-state index in [4.69, 9.17) is 11.6 Å². The molecule has 0 atom stereocenters. The minimum atomic E-state index is -0.573. The van der Waals surface area contributed by atoms with E-state index in [-0.39, 0.29) is 0 Å². The van der Waals surface area contributed by atoms with E-state index in [1.807, 2.05) is 0 Å². The number of anilines is 1. The second kappa shape index (κ2) is 5.93. The van der Waals surface area contributed by atoms with Gasteiger partial charge in [-0.25, -0.2) is 18.7 Å². The summed E-state index contributed by atoms with van der Waals surface area (Å²) in [7, 11) is 0. The summed E-state index contributed by atoms with van der Waals surface area (Å²) in [4.78, 5) is 8.08. The third-order valence-corrected chi connectivity index (χ3v) is 2.64. The molecule has 0 aliphatic heterocycles. The van der Waals surface area contributed by atoms with E-state index in [1.54, 1.807) is 13.0 Å². The van der Waals surface area contributed by atoms with Crippen LogP contribution in [0.1, 0.15) is 11.4 Å². The number of aryl methyl sites for hydroxylation is 1. The number of benzene rings is 1. The molecule has 0 amide bonds. The Morgan fingerprint density at radius 1 is 1.11 bits per heavy atom. The minimum absolute atomic E-state index is 0.354. The summed E-state index contributed by atoms with van der Waals surface area (Å²) in [6.45, 7) is 2.23. The number of hydrogen-bond donors (Lipinski definition) is 1. The van der Waals surface area contributed by atoms with Gasteiger partial charge in [-0.1, -0.05) is 11.6 Å². The first-order valence-corrected chi connectivity index (χ1v) is 6.11. The van der Waals surface area contributed by atoms with Gasteiger partial charge in [-0.05, 0) is 31.0 Å². The Hall–Kier alpha value is -1.75. The maximum absolute atomic E-state index is 13.0. The first-order valence-electron chi connectivity index (χ1n) is 5.73. The van der Waals surface area contributed by atoms with Gasteiger partial charge in [0.05, 0.1) is 0 Å². The summed E-state index contributed by atoms with van der Waals surface area (Å²) in [5.41, 5.74) is 0.585. The van der Waals surface area contributed by atoms with E-state index >= 15 is 0 Å². The van der Waals surface area contributed by atoms with E-state index in [0.717, 1.165) is 6.07 Å². The Bertz CT molecular complexity index is 498. The van der Waals surface area contributed by atoms with Crippen LogP contribution in [0.4, 0.5) is 14.6 Å². The topological polar surface area (TPSA) is 37.8 Å². The lowest BCUT2D eigenvalue weighted by molar-refractivity contribution is 0.580. The number of nitrogens with one attached hydrogen (secondary N) is 1. The Balaban J connectivity index is 1.96. The lowest BCUT2D eigenvalue weighted by atomic mass is 10.1. The van der Waals surface area contributed by atoms with Gasteiger partial charge in [0.2, 0.25) is 0 Å². The molecule has 0 bridgehead atoms. The molecule has 0 radical (unpaired) electrons. The second-order valence-corrected chi connectivity index (χ2v) is 4.46. The van der Waals surface area contributed by atoms with Crippen molar-refractivity contribution in [2.75, 3.05) is 11.9 Å². The molecule has 6 heteroatoms. The van der Waals surface area contributed by atoms with Gasteiger partial charge in [0.25, 0.3) is 0 Å². The zero-order valence-corrected chi connectivity index (χ0v) is 11.0. The molecule has 19 heavy (non-hydrogen) atoms. The van der Waals surface area contributed by atoms with Gasteiger partial charge in [-0.15, -0.1) is 0 Å². The van der Waals surface area contributed by atoms with E-state index in [1.165, 1.54) is 12.1 Å². The van der Waals surface area contributed by atoms with Gasteiger partial charge < -0.3 is 5.32 Å². The van der Waals surface area contributed by atoms with Gasteiger partial charge in [-0.3, -0.25) is 0 Å². The lowest BCUT2D eigenvalue weighted by Gasteiger charge is -2.07. The molecular weight excluding hydrogens is 272 g/mol. The van der Waals surface area contributed by atoms with Crippen LogP contribution in [0.25, 0.3) is 0 Å². The summed E-state index contributed by atoms with van der Waals surface area (Å²) in [5, 5.41) is 3.39. The maximum atomic E-state index is 13.0. The third-order valence-electron chi connectivity index (χ3n) is 2.45. The van der Waals surface area contributed by atoms with Crippen LogP contribution in [-0.4, -0.2) is 16.5 Å². The molecule has 0 saturated heterocycles. The standard InChI is InChI=1S/C13H12ClF2N3/c1-8-18-12(14)7-13(19-8)17-3-2-9-4-10(15)6-11(16)5-9/h4-7H,2-3H2,1H3,(H,17,18,19). The number of rotatable bonds is 4. The van der Waals surface area contributed by atoms with Crippen molar-refractivity contribution < 1.29 is 8.78 Å². The molecule has 2 rings (SSSR count). The van der Waals surface area contributed by atoms with Gasteiger partial charge in [-0.2, -0.15) is 0 Å². The second-order valence-electron chi connectivity index (χ2n) is 4.08. The smallest absolute Gasteiger partial charge is 0.134 e. The molecule has 1 heterocycles. The number of hydrogen-bond acceptors (Lipinski definition) is 3. The van der Waals surface area contributed by atoms with Crippen molar-refractivity contribution >= 4 is 17.4 Å². The average molecular weight is 284 g/mol. The number of nitrogens with zero attached hydrogens (tertiary/aromatic N) is 2. The van der Waals surface area contributed by atoms with Gasteiger partial charge in [0.1, 0.15) is 28.4 Å². The summed E-state index contributed by atoms with van der Waals surface area (Å²) in [6.07, 6.45) is 0.481. The molecule has 3 nitrogen and oxygen atoms in total. The van der Waals surface area contributed by atoms with Crippen molar-refractivity contribution in [2.24, 2.45) is 0 Å². The van der Waals surface area contributed by atoms with E-state index in [0.29, 0.717) is 35.3 Å². The average Bonchev–Trinajstić information content (AvgIpc) is 2.26. The van der Waals surface area contributed by atoms with Crippen LogP contribution in [-0.2, 0) is 6.42 Å². The minimum Gasteiger partial charge on any atom is -0.370 e. The van der Waals surface area contributed by atoms with Crippen LogP contribution in [0.15, 0.2) is 24.3 Å². The van der Waals surface area contributed by atoms with Gasteiger partial charge >= 0.3 is 0 Å². The van der Waals surface area contributed by atoms with E-state index in [9.17, 15) is 8.78 Å². The Morgan fingerprint density at radius 3 is 2.42 bits per heavy atom. The van der Waals surface area contributed by atoms with Crippen LogP contribution in [0.3, 0.4) is 0 Å². The molecule has 0 saturated carbocycles. The molecule has 1 aromatic heterocycles. The van der Waals surface area contributed by atoms with Crippen LogP contribution >= 0.6 is 11.6 Å². The van der Waals surface area contributed by atoms with Crippen LogP contribution in [0.2, 0.25) is 5.15 Å². The molecular formula is C13H12ClF2N3. The molecule has 0 fully saturated rings. The Kier molecular flexibility index (Phi) is 4.27. The SMILES string of the molecule is Cc1nc(Cl)cc(NCCc2cc(F)cc(F)c2)n1. The first kappa shape index (κ1) is 13.7. The summed E-state index contributed by atoms with van der Waals surface area (Å²) < 4.78 is 26.0. The normalized spacial score (nSPS) is 10.5. The van der Waals surface area contributed by atoms with Crippen molar-refractivity contribution in [3.63, 3.8) is 0 Å². The predicted molar refractivity (Wildman–Crippen MR) is 70.3 cm³/mol. The quantitative estimate of drug-likeness (QED) is 0.874. The summed E-state index contributed by atoms with van der Waals surface area (Å²) in [6, 6.07) is 5.07. The summed E-state index contributed by atoms with van der Waals surface area (Å²) >= 11 is 5.80. The molecule has 1 N–H and O–H groups in total.